The Hall–Kier alpha value is -1.54. The van der Waals surface area contributed by atoms with Crippen molar-refractivity contribution >= 4 is 23.4 Å². The van der Waals surface area contributed by atoms with E-state index in [9.17, 15) is 5.11 Å². The standard InChI is InChI=1S/C18H24ClN3O3S/c1-18(2,12-25-16-8-9-17(26-3)22-21-16)20-10-13(23)11-24-15-7-5-4-6-14(15)19/h4-9,13,20,23H,10-12H2,1-3H3. The van der Waals surface area contributed by atoms with Crippen LogP contribution in [0.3, 0.4) is 0 Å². The average molecular weight is 398 g/mol. The van der Waals surface area contributed by atoms with Crippen molar-refractivity contribution in [1.29, 1.82) is 0 Å². The van der Waals surface area contributed by atoms with Crippen molar-refractivity contribution in [3.05, 3.63) is 41.4 Å². The molecule has 1 atom stereocenters. The second-order valence-corrected chi connectivity index (χ2v) is 7.60. The van der Waals surface area contributed by atoms with Crippen LogP contribution in [0.4, 0.5) is 0 Å². The number of aliphatic hydroxyl groups excluding tert-OH is 1. The fourth-order valence-electron chi connectivity index (χ4n) is 2.00. The van der Waals surface area contributed by atoms with Gasteiger partial charge in [0.1, 0.15) is 30.1 Å². The van der Waals surface area contributed by atoms with Crippen LogP contribution in [0.2, 0.25) is 5.02 Å². The molecule has 0 aliphatic carbocycles. The molecule has 0 aliphatic rings. The van der Waals surface area contributed by atoms with Crippen molar-refractivity contribution in [3.8, 4) is 11.6 Å². The largest absolute Gasteiger partial charge is 0.489 e. The second kappa shape index (κ2) is 9.97. The Morgan fingerprint density at radius 3 is 2.62 bits per heavy atom. The molecule has 2 rings (SSSR count). The van der Waals surface area contributed by atoms with Crippen molar-refractivity contribution in [2.45, 2.75) is 30.5 Å². The highest BCUT2D eigenvalue weighted by molar-refractivity contribution is 7.98. The molecule has 142 valence electrons. The molecule has 2 aromatic rings. The summed E-state index contributed by atoms with van der Waals surface area (Å²) in [5.41, 5.74) is -0.356. The molecule has 1 unspecified atom stereocenters. The molecule has 26 heavy (non-hydrogen) atoms. The van der Waals surface area contributed by atoms with Crippen molar-refractivity contribution in [3.63, 3.8) is 0 Å². The number of benzene rings is 1. The zero-order valence-electron chi connectivity index (χ0n) is 15.1. The first-order valence-electron chi connectivity index (χ1n) is 8.20. The number of nitrogens with one attached hydrogen (secondary N) is 1. The molecular weight excluding hydrogens is 374 g/mol. The van der Waals surface area contributed by atoms with Crippen LogP contribution in [0.5, 0.6) is 11.6 Å². The van der Waals surface area contributed by atoms with Gasteiger partial charge >= 0.3 is 0 Å². The van der Waals surface area contributed by atoms with Gasteiger partial charge in [-0.15, -0.1) is 22.0 Å². The molecular formula is C18H24ClN3O3S. The van der Waals surface area contributed by atoms with Gasteiger partial charge in [0.2, 0.25) is 5.88 Å². The molecule has 1 aromatic carbocycles. The zero-order chi connectivity index (χ0) is 19.0. The van der Waals surface area contributed by atoms with Crippen LogP contribution in [-0.4, -0.2) is 53.0 Å². The molecule has 0 bridgehead atoms. The molecule has 1 heterocycles. The first-order chi connectivity index (χ1) is 12.4. The normalized spacial score (nSPS) is 12.7. The highest BCUT2D eigenvalue weighted by atomic mass is 35.5. The second-order valence-electron chi connectivity index (χ2n) is 6.36. The third kappa shape index (κ3) is 6.99. The molecule has 0 aliphatic heterocycles. The summed E-state index contributed by atoms with van der Waals surface area (Å²) in [7, 11) is 0. The number of halogens is 1. The van der Waals surface area contributed by atoms with Crippen LogP contribution >= 0.6 is 23.4 Å². The van der Waals surface area contributed by atoms with Crippen LogP contribution in [-0.2, 0) is 0 Å². The Balaban J connectivity index is 1.72. The fraction of sp³-hybridized carbons (Fsp3) is 0.444. The number of aliphatic hydroxyl groups is 1. The monoisotopic (exact) mass is 397 g/mol. The lowest BCUT2D eigenvalue weighted by molar-refractivity contribution is 0.0923. The summed E-state index contributed by atoms with van der Waals surface area (Å²) in [6, 6.07) is 10.8. The average Bonchev–Trinajstić information content (AvgIpc) is 2.65. The summed E-state index contributed by atoms with van der Waals surface area (Å²) < 4.78 is 11.2. The summed E-state index contributed by atoms with van der Waals surface area (Å²) in [5, 5.41) is 22.8. The minimum Gasteiger partial charge on any atom is -0.489 e. The van der Waals surface area contributed by atoms with Gasteiger partial charge in [-0.1, -0.05) is 23.7 Å². The Morgan fingerprint density at radius 1 is 1.19 bits per heavy atom. The first-order valence-corrected chi connectivity index (χ1v) is 9.81. The summed E-state index contributed by atoms with van der Waals surface area (Å²) in [4.78, 5) is 0. The van der Waals surface area contributed by atoms with E-state index in [0.29, 0.717) is 29.8 Å². The lowest BCUT2D eigenvalue weighted by Crippen LogP contribution is -2.48. The van der Waals surface area contributed by atoms with Gasteiger partial charge < -0.3 is 19.9 Å². The molecule has 0 spiro atoms. The SMILES string of the molecule is CSc1ccc(OCC(C)(C)NCC(O)COc2ccccc2Cl)nn1. The number of para-hydroxylation sites is 1. The van der Waals surface area contributed by atoms with E-state index in [0.717, 1.165) is 5.03 Å². The number of nitrogens with zero attached hydrogens (tertiary/aromatic N) is 2. The van der Waals surface area contributed by atoms with Crippen LogP contribution in [0, 0.1) is 0 Å². The maximum Gasteiger partial charge on any atom is 0.233 e. The van der Waals surface area contributed by atoms with Crippen molar-refractivity contribution in [1.82, 2.24) is 15.5 Å². The van der Waals surface area contributed by atoms with E-state index >= 15 is 0 Å². The van der Waals surface area contributed by atoms with E-state index in [1.807, 2.05) is 38.3 Å². The molecule has 2 N–H and O–H groups in total. The van der Waals surface area contributed by atoms with Gasteiger partial charge in [0.25, 0.3) is 0 Å². The third-order valence-corrected chi connectivity index (χ3v) is 4.44. The number of aromatic nitrogens is 2. The first kappa shape index (κ1) is 20.8. The molecule has 0 radical (unpaired) electrons. The van der Waals surface area contributed by atoms with E-state index < -0.39 is 6.10 Å². The predicted octanol–water partition coefficient (Wildman–Crippen LogP) is 3.04. The number of rotatable bonds is 10. The Kier molecular flexibility index (Phi) is 7.96. The lowest BCUT2D eigenvalue weighted by atomic mass is 10.1. The minimum absolute atomic E-state index is 0.148. The smallest absolute Gasteiger partial charge is 0.233 e. The van der Waals surface area contributed by atoms with Crippen molar-refractivity contribution in [2.24, 2.45) is 0 Å². The fourth-order valence-corrected chi connectivity index (χ4v) is 2.52. The molecule has 8 heteroatoms. The lowest BCUT2D eigenvalue weighted by Gasteiger charge is -2.27. The van der Waals surface area contributed by atoms with E-state index in [1.165, 1.54) is 11.8 Å². The van der Waals surface area contributed by atoms with E-state index in [4.69, 9.17) is 21.1 Å². The van der Waals surface area contributed by atoms with E-state index in [2.05, 4.69) is 15.5 Å². The molecule has 1 aromatic heterocycles. The Morgan fingerprint density at radius 2 is 1.96 bits per heavy atom. The van der Waals surface area contributed by atoms with Crippen LogP contribution < -0.4 is 14.8 Å². The van der Waals surface area contributed by atoms with Crippen LogP contribution in [0.15, 0.2) is 41.4 Å². The van der Waals surface area contributed by atoms with E-state index in [1.54, 1.807) is 18.2 Å². The molecule has 0 saturated heterocycles. The maximum atomic E-state index is 10.1. The quantitative estimate of drug-likeness (QED) is 0.596. The van der Waals surface area contributed by atoms with Gasteiger partial charge in [0.15, 0.2) is 0 Å². The number of ether oxygens (including phenoxy) is 2. The van der Waals surface area contributed by atoms with Gasteiger partial charge in [-0.25, -0.2) is 0 Å². The Labute approximate surface area is 163 Å². The summed E-state index contributed by atoms with van der Waals surface area (Å²) >= 11 is 7.55. The number of hydrogen-bond donors (Lipinski definition) is 2. The number of hydrogen-bond acceptors (Lipinski definition) is 7. The van der Waals surface area contributed by atoms with Crippen molar-refractivity contribution in [2.75, 3.05) is 26.0 Å². The highest BCUT2D eigenvalue weighted by Crippen LogP contribution is 2.23. The minimum atomic E-state index is -0.675. The summed E-state index contributed by atoms with van der Waals surface area (Å²) in [5.74, 6) is 1.03. The van der Waals surface area contributed by atoms with Gasteiger partial charge in [-0.3, -0.25) is 0 Å². The van der Waals surface area contributed by atoms with Crippen LogP contribution in [0.1, 0.15) is 13.8 Å². The topological polar surface area (TPSA) is 76.5 Å². The Bertz CT molecular complexity index is 686. The van der Waals surface area contributed by atoms with Crippen molar-refractivity contribution < 1.29 is 14.6 Å². The van der Waals surface area contributed by atoms with Gasteiger partial charge in [0, 0.05) is 18.2 Å². The highest BCUT2D eigenvalue weighted by Gasteiger charge is 2.20. The van der Waals surface area contributed by atoms with Crippen LogP contribution in [0.25, 0.3) is 0 Å². The summed E-state index contributed by atoms with van der Waals surface area (Å²) in [6.45, 7) is 4.86. The zero-order valence-corrected chi connectivity index (χ0v) is 16.7. The van der Waals surface area contributed by atoms with Gasteiger partial charge in [-0.05, 0) is 38.3 Å². The number of thioether (sulfide) groups is 1. The maximum absolute atomic E-state index is 10.1. The predicted molar refractivity (Wildman–Crippen MR) is 104 cm³/mol. The van der Waals surface area contributed by atoms with Gasteiger partial charge in [-0.2, -0.15) is 0 Å². The van der Waals surface area contributed by atoms with E-state index in [-0.39, 0.29) is 12.1 Å². The molecule has 0 amide bonds. The number of β-amino-alcohol motifs (C(OH)–C–C–N with tert-alkyl or cyclic N) is 1. The molecule has 6 nitrogen and oxygen atoms in total. The summed E-state index contributed by atoms with van der Waals surface area (Å²) in [6.07, 6.45) is 1.27. The molecule has 0 saturated carbocycles. The molecule has 0 fully saturated rings. The van der Waals surface area contributed by atoms with Gasteiger partial charge in [0.05, 0.1) is 5.02 Å². The third-order valence-electron chi connectivity index (χ3n) is 3.49.